The fraction of sp³-hybridized carbons (Fsp3) is 0.286. The van der Waals surface area contributed by atoms with E-state index >= 15 is 0 Å². The molecule has 3 aromatic rings. The van der Waals surface area contributed by atoms with Gasteiger partial charge >= 0.3 is 0 Å². The van der Waals surface area contributed by atoms with Crippen molar-refractivity contribution in [1.29, 1.82) is 0 Å². The number of nitrogens with zero attached hydrogens (tertiary/aromatic N) is 3. The minimum atomic E-state index is -0.239. The normalized spacial score (nSPS) is 14.6. The number of hydrogen-bond donors (Lipinski definition) is 1. The molecule has 1 aliphatic carbocycles. The number of rotatable bonds is 7. The Kier molecular flexibility index (Phi) is 5.69. The summed E-state index contributed by atoms with van der Waals surface area (Å²) in [6.07, 6.45) is 2.15. The second-order valence-corrected chi connectivity index (χ2v) is 8.67. The van der Waals surface area contributed by atoms with Crippen molar-refractivity contribution in [2.75, 3.05) is 0 Å². The van der Waals surface area contributed by atoms with Gasteiger partial charge in [0.1, 0.15) is 0 Å². The van der Waals surface area contributed by atoms with Crippen LogP contribution in [-0.4, -0.2) is 32.0 Å². The highest BCUT2D eigenvalue weighted by Gasteiger charge is 2.27. The summed E-state index contributed by atoms with van der Waals surface area (Å²) in [5.74, 6) is 0.813. The lowest BCUT2D eigenvalue weighted by Gasteiger charge is -2.14. The van der Waals surface area contributed by atoms with E-state index in [1.165, 1.54) is 11.8 Å². The molecule has 4 rings (SSSR count). The Morgan fingerprint density at radius 1 is 1.18 bits per heavy atom. The summed E-state index contributed by atoms with van der Waals surface area (Å²) in [6.45, 7) is 2.54. The number of amides is 1. The number of hydrogen-bond acceptors (Lipinski definition) is 4. The third-order valence-corrected chi connectivity index (χ3v) is 5.91. The lowest BCUT2D eigenvalue weighted by atomic mass is 10.2. The van der Waals surface area contributed by atoms with Crippen LogP contribution < -0.4 is 5.32 Å². The number of carbonyl (C=O) groups excluding carboxylic acids is 1. The zero-order chi connectivity index (χ0) is 19.5. The van der Waals surface area contributed by atoms with Crippen LogP contribution in [0, 0.1) is 0 Å². The molecule has 5 nitrogen and oxygen atoms in total. The van der Waals surface area contributed by atoms with Gasteiger partial charge in [0.05, 0.1) is 11.8 Å². The monoisotopic (exact) mass is 412 g/mol. The number of benzene rings is 2. The molecule has 1 aliphatic rings. The molecule has 28 heavy (non-hydrogen) atoms. The molecule has 0 spiro atoms. The molecule has 0 radical (unpaired) electrons. The van der Waals surface area contributed by atoms with E-state index in [-0.39, 0.29) is 11.2 Å². The average Bonchev–Trinajstić information content (AvgIpc) is 3.44. The third-order valence-electron chi connectivity index (χ3n) is 4.58. The van der Waals surface area contributed by atoms with Gasteiger partial charge in [-0.2, -0.15) is 0 Å². The molecule has 1 unspecified atom stereocenters. The van der Waals surface area contributed by atoms with Gasteiger partial charge in [-0.1, -0.05) is 53.7 Å². The molecule has 1 N–H and O–H groups in total. The first-order valence-corrected chi connectivity index (χ1v) is 10.6. The van der Waals surface area contributed by atoms with Gasteiger partial charge in [-0.25, -0.2) is 0 Å². The van der Waals surface area contributed by atoms with Gasteiger partial charge in [0.25, 0.3) is 0 Å². The van der Waals surface area contributed by atoms with Crippen molar-refractivity contribution in [2.45, 2.75) is 42.8 Å². The van der Waals surface area contributed by atoms with E-state index < -0.39 is 0 Å². The van der Waals surface area contributed by atoms with Gasteiger partial charge in [-0.15, -0.1) is 10.2 Å². The summed E-state index contributed by atoms with van der Waals surface area (Å²) < 4.78 is 2.06. The first-order valence-electron chi connectivity index (χ1n) is 9.30. The second-order valence-electron chi connectivity index (χ2n) is 6.93. The minimum absolute atomic E-state index is 0.0507. The Balaban J connectivity index is 1.63. The van der Waals surface area contributed by atoms with Crippen LogP contribution in [0.15, 0.2) is 59.8 Å². The first kappa shape index (κ1) is 19.0. The average molecular weight is 413 g/mol. The van der Waals surface area contributed by atoms with Crippen molar-refractivity contribution < 1.29 is 4.79 Å². The van der Waals surface area contributed by atoms with Crippen LogP contribution in [0.4, 0.5) is 0 Å². The van der Waals surface area contributed by atoms with Crippen LogP contribution in [0.25, 0.3) is 11.4 Å². The molecular weight excluding hydrogens is 392 g/mol. The van der Waals surface area contributed by atoms with Gasteiger partial charge < -0.3 is 5.32 Å². The van der Waals surface area contributed by atoms with Gasteiger partial charge in [0.2, 0.25) is 5.91 Å². The Hall–Kier alpha value is -2.31. The predicted octanol–water partition coefficient (Wildman–Crippen LogP) is 4.41. The van der Waals surface area contributed by atoms with Crippen molar-refractivity contribution in [2.24, 2.45) is 0 Å². The molecule has 1 amide bonds. The molecule has 0 aliphatic heterocycles. The van der Waals surface area contributed by atoms with Crippen LogP contribution in [0.5, 0.6) is 0 Å². The van der Waals surface area contributed by atoms with Crippen LogP contribution >= 0.6 is 23.4 Å². The largest absolute Gasteiger partial charge is 0.352 e. The fourth-order valence-corrected chi connectivity index (χ4v) is 3.84. The zero-order valence-electron chi connectivity index (χ0n) is 15.5. The van der Waals surface area contributed by atoms with Crippen LogP contribution in [0.1, 0.15) is 25.3 Å². The number of thioether (sulfide) groups is 1. The predicted molar refractivity (Wildman–Crippen MR) is 112 cm³/mol. The number of carbonyl (C=O) groups is 1. The van der Waals surface area contributed by atoms with Gasteiger partial charge in [-0.05, 0) is 49.6 Å². The molecule has 1 heterocycles. The van der Waals surface area contributed by atoms with Crippen molar-refractivity contribution in [3.63, 3.8) is 0 Å². The number of halogens is 1. The molecule has 1 atom stereocenters. The zero-order valence-corrected chi connectivity index (χ0v) is 17.1. The Bertz CT molecular complexity index is 954. The summed E-state index contributed by atoms with van der Waals surface area (Å²) in [4.78, 5) is 12.4. The topological polar surface area (TPSA) is 59.8 Å². The Labute approximate surface area is 173 Å². The SMILES string of the molecule is CC(Sc1nnc(-c2ccc(Cl)cc2)n1Cc1ccccc1)C(=O)NC1CC1. The standard InChI is InChI=1S/C21H21ClN4OS/c1-14(20(27)23-18-11-12-18)28-21-25-24-19(16-7-9-17(22)10-8-16)26(21)13-15-5-3-2-4-6-15/h2-10,14,18H,11-13H2,1H3,(H,23,27). The first-order chi connectivity index (χ1) is 13.6. The van der Waals surface area contributed by atoms with E-state index in [9.17, 15) is 4.79 Å². The van der Waals surface area contributed by atoms with Gasteiger partial charge in [-0.3, -0.25) is 9.36 Å². The molecule has 0 saturated heterocycles. The summed E-state index contributed by atoms with van der Waals surface area (Å²) >= 11 is 7.47. The van der Waals surface area contributed by atoms with E-state index in [4.69, 9.17) is 11.6 Å². The second kappa shape index (κ2) is 8.37. The highest BCUT2D eigenvalue weighted by molar-refractivity contribution is 8.00. The van der Waals surface area contributed by atoms with E-state index in [0.29, 0.717) is 17.6 Å². The van der Waals surface area contributed by atoms with Crippen LogP contribution in [-0.2, 0) is 11.3 Å². The summed E-state index contributed by atoms with van der Waals surface area (Å²) in [5.41, 5.74) is 2.09. The highest BCUT2D eigenvalue weighted by atomic mass is 35.5. The van der Waals surface area contributed by atoms with E-state index in [1.807, 2.05) is 49.4 Å². The molecule has 1 fully saturated rings. The maximum Gasteiger partial charge on any atom is 0.233 e. The minimum Gasteiger partial charge on any atom is -0.352 e. The van der Waals surface area contributed by atoms with Crippen LogP contribution in [0.3, 0.4) is 0 Å². The lowest BCUT2D eigenvalue weighted by molar-refractivity contribution is -0.120. The van der Waals surface area contributed by atoms with Gasteiger partial charge in [0.15, 0.2) is 11.0 Å². The molecule has 1 saturated carbocycles. The van der Waals surface area contributed by atoms with Crippen molar-refractivity contribution in [1.82, 2.24) is 20.1 Å². The number of aromatic nitrogens is 3. The summed E-state index contributed by atoms with van der Waals surface area (Å²) in [7, 11) is 0. The van der Waals surface area contributed by atoms with E-state index in [1.54, 1.807) is 0 Å². The maximum atomic E-state index is 12.4. The molecule has 7 heteroatoms. The maximum absolute atomic E-state index is 12.4. The molecule has 0 bridgehead atoms. The summed E-state index contributed by atoms with van der Waals surface area (Å²) in [5, 5.41) is 13.0. The molecule has 1 aromatic heterocycles. The molecule has 2 aromatic carbocycles. The number of nitrogens with one attached hydrogen (secondary N) is 1. The fourth-order valence-electron chi connectivity index (χ4n) is 2.85. The molecular formula is C21H21ClN4OS. The van der Waals surface area contributed by atoms with E-state index in [2.05, 4.69) is 32.2 Å². The van der Waals surface area contributed by atoms with Gasteiger partial charge in [0, 0.05) is 16.6 Å². The Morgan fingerprint density at radius 3 is 2.57 bits per heavy atom. The lowest BCUT2D eigenvalue weighted by Crippen LogP contribution is -2.32. The quantitative estimate of drug-likeness (QED) is 0.584. The highest BCUT2D eigenvalue weighted by Crippen LogP contribution is 2.29. The smallest absolute Gasteiger partial charge is 0.233 e. The van der Waals surface area contributed by atoms with Crippen LogP contribution in [0.2, 0.25) is 5.02 Å². The molecule has 144 valence electrons. The third kappa shape index (κ3) is 4.56. The van der Waals surface area contributed by atoms with Crippen molar-refractivity contribution in [3.8, 4) is 11.4 Å². The van der Waals surface area contributed by atoms with Crippen molar-refractivity contribution >= 4 is 29.3 Å². The Morgan fingerprint density at radius 2 is 1.89 bits per heavy atom. The van der Waals surface area contributed by atoms with E-state index in [0.717, 1.165) is 34.9 Å². The summed E-state index contributed by atoms with van der Waals surface area (Å²) in [6, 6.07) is 18.1. The van der Waals surface area contributed by atoms with Crippen molar-refractivity contribution in [3.05, 3.63) is 65.2 Å².